The number of hydrogen-bond donors (Lipinski definition) is 2. The first kappa shape index (κ1) is 24.5. The number of fused-ring (bicyclic) bond motifs is 2. The van der Waals surface area contributed by atoms with E-state index in [1.165, 1.54) is 35.0 Å². The third kappa shape index (κ3) is 4.20. The Morgan fingerprint density at radius 2 is 2.25 bits per heavy atom. The molecule has 2 atom stereocenters. The molecule has 2 aromatic heterocycles. The van der Waals surface area contributed by atoms with Crippen molar-refractivity contribution in [1.29, 1.82) is 0 Å². The van der Waals surface area contributed by atoms with Crippen LogP contribution in [0.3, 0.4) is 0 Å². The van der Waals surface area contributed by atoms with Crippen molar-refractivity contribution in [2.45, 2.75) is 37.2 Å². The number of thioether (sulfide) groups is 1. The van der Waals surface area contributed by atoms with Crippen molar-refractivity contribution < 1.29 is 28.9 Å². The molecule has 0 radical (unpaired) electrons. The molecule has 3 N–H and O–H groups in total. The van der Waals surface area contributed by atoms with E-state index in [1.54, 1.807) is 0 Å². The lowest BCUT2D eigenvalue weighted by Gasteiger charge is -2.50. The average molecular weight is 549 g/mol. The number of thiazole rings is 1. The Morgan fingerprint density at radius 1 is 1.44 bits per heavy atom. The first-order valence-electron chi connectivity index (χ1n) is 11.0. The number of amides is 2. The molecule has 2 amide bonds. The molecule has 36 heavy (non-hydrogen) atoms. The topological polar surface area (TPSA) is 154 Å². The van der Waals surface area contributed by atoms with Crippen molar-refractivity contribution >= 4 is 63.3 Å². The fourth-order valence-corrected chi connectivity index (χ4v) is 6.98. The third-order valence-corrected chi connectivity index (χ3v) is 8.68. The van der Waals surface area contributed by atoms with Gasteiger partial charge in [0.05, 0.1) is 11.7 Å². The van der Waals surface area contributed by atoms with Gasteiger partial charge in [-0.3, -0.25) is 14.5 Å². The predicted molar refractivity (Wildman–Crippen MR) is 131 cm³/mol. The minimum atomic E-state index is -1.42. The zero-order valence-corrected chi connectivity index (χ0v) is 21.4. The second-order valence-corrected chi connectivity index (χ2v) is 11.1. The molecule has 1 aliphatic carbocycles. The van der Waals surface area contributed by atoms with Gasteiger partial charge in [0, 0.05) is 29.4 Å². The molecule has 0 unspecified atom stereocenters. The lowest BCUT2D eigenvalue weighted by molar-refractivity contribution is -0.696. The Balaban J connectivity index is 1.37. The minimum absolute atomic E-state index is 0.0310. The molecular formula is C22H21ClN6O5S2. The number of β-lactam (4-membered cyclic amide) rings is 1. The number of carbonyl (C=O) groups excluding carboxylic acids is 3. The van der Waals surface area contributed by atoms with Crippen LogP contribution in [0.2, 0.25) is 4.34 Å². The summed E-state index contributed by atoms with van der Waals surface area (Å²) in [4.78, 5) is 48.1. The fraction of sp³-hybridized carbons (Fsp3) is 0.364. The number of halogens is 1. The number of anilines is 1. The molecule has 1 saturated heterocycles. The maximum Gasteiger partial charge on any atom is 0.276 e. The van der Waals surface area contributed by atoms with Crippen LogP contribution in [0.25, 0.3) is 0 Å². The number of nitrogens with one attached hydrogen (secondary N) is 1. The van der Waals surface area contributed by atoms with E-state index < -0.39 is 29.2 Å². The van der Waals surface area contributed by atoms with Crippen LogP contribution in [0.4, 0.5) is 5.13 Å². The molecule has 0 saturated carbocycles. The number of oxime groups is 1. The Bertz CT molecular complexity index is 1340. The van der Waals surface area contributed by atoms with E-state index in [9.17, 15) is 19.5 Å². The molecule has 3 aliphatic rings. The molecule has 0 bridgehead atoms. The molecule has 0 aromatic carbocycles. The van der Waals surface area contributed by atoms with E-state index in [1.807, 2.05) is 16.8 Å². The number of nitrogens with zero attached hydrogens (tertiary/aromatic N) is 4. The van der Waals surface area contributed by atoms with Gasteiger partial charge in [-0.1, -0.05) is 28.1 Å². The van der Waals surface area contributed by atoms with Crippen LogP contribution in [0, 0.1) is 0 Å². The summed E-state index contributed by atoms with van der Waals surface area (Å²) in [5.41, 5.74) is 8.34. The van der Waals surface area contributed by atoms with Gasteiger partial charge >= 0.3 is 0 Å². The number of carboxylic acids is 1. The molecule has 5 rings (SSSR count). The van der Waals surface area contributed by atoms with E-state index in [0.717, 1.165) is 30.6 Å². The Kier molecular flexibility index (Phi) is 6.62. The van der Waals surface area contributed by atoms with Crippen LogP contribution in [0.5, 0.6) is 0 Å². The third-order valence-electron chi connectivity index (χ3n) is 6.25. The smallest absolute Gasteiger partial charge is 0.276 e. The van der Waals surface area contributed by atoms with Crippen molar-refractivity contribution in [3.8, 4) is 0 Å². The summed E-state index contributed by atoms with van der Waals surface area (Å²) in [5.74, 6) is -2.36. The van der Waals surface area contributed by atoms with Gasteiger partial charge in [-0.15, -0.1) is 11.8 Å². The summed E-state index contributed by atoms with van der Waals surface area (Å²) in [6, 6.07) is 3.06. The predicted octanol–water partition coefficient (Wildman–Crippen LogP) is -0.390. The number of nitrogen functional groups attached to an aromatic ring is 1. The first-order chi connectivity index (χ1) is 17.3. The van der Waals surface area contributed by atoms with Crippen LogP contribution in [0.1, 0.15) is 23.4 Å². The molecule has 14 heteroatoms. The Labute approximate surface area is 218 Å². The van der Waals surface area contributed by atoms with E-state index in [2.05, 4.69) is 21.5 Å². The first-order valence-corrected chi connectivity index (χ1v) is 13.3. The van der Waals surface area contributed by atoms with E-state index in [0.29, 0.717) is 17.9 Å². The molecule has 0 spiro atoms. The zero-order valence-electron chi connectivity index (χ0n) is 19.0. The van der Waals surface area contributed by atoms with Crippen molar-refractivity contribution in [2.75, 3.05) is 18.6 Å². The monoisotopic (exact) mass is 548 g/mol. The molecule has 2 aliphatic heterocycles. The number of nitrogens with two attached hydrogens (primary N) is 1. The van der Waals surface area contributed by atoms with Gasteiger partial charge in [0.25, 0.3) is 11.8 Å². The number of carbonyl (C=O) groups is 3. The summed E-state index contributed by atoms with van der Waals surface area (Å²) in [5, 5.41) is 18.0. The van der Waals surface area contributed by atoms with Gasteiger partial charge in [-0.25, -0.2) is 4.98 Å². The highest BCUT2D eigenvalue weighted by Crippen LogP contribution is 2.40. The minimum Gasteiger partial charge on any atom is -0.543 e. The lowest BCUT2D eigenvalue weighted by atomic mass is 10.0. The van der Waals surface area contributed by atoms with Gasteiger partial charge in [0.1, 0.15) is 28.6 Å². The quantitative estimate of drug-likeness (QED) is 0.205. The van der Waals surface area contributed by atoms with Gasteiger partial charge < -0.3 is 25.8 Å². The van der Waals surface area contributed by atoms with Gasteiger partial charge in [0.15, 0.2) is 29.3 Å². The van der Waals surface area contributed by atoms with Crippen molar-refractivity contribution in [3.05, 3.63) is 50.9 Å². The number of pyridine rings is 1. The molecular weight excluding hydrogens is 528 g/mol. The molecule has 188 valence electrons. The van der Waals surface area contributed by atoms with Gasteiger partial charge in [-0.2, -0.15) is 4.57 Å². The maximum atomic E-state index is 13.1. The fourth-order valence-electron chi connectivity index (χ4n) is 4.72. The maximum absolute atomic E-state index is 13.1. The number of hydrogen-bond acceptors (Lipinski definition) is 10. The highest BCUT2D eigenvalue weighted by Gasteiger charge is 2.53. The van der Waals surface area contributed by atoms with Gasteiger partial charge in [-0.05, 0) is 18.9 Å². The van der Waals surface area contributed by atoms with Crippen molar-refractivity contribution in [3.63, 3.8) is 0 Å². The summed E-state index contributed by atoms with van der Waals surface area (Å²) in [6.45, 7) is 0.349. The van der Waals surface area contributed by atoms with Crippen LogP contribution < -0.4 is 20.7 Å². The Morgan fingerprint density at radius 3 is 2.94 bits per heavy atom. The molecule has 2 aromatic rings. The van der Waals surface area contributed by atoms with Crippen LogP contribution >= 0.6 is 34.7 Å². The van der Waals surface area contributed by atoms with E-state index >= 15 is 0 Å². The van der Waals surface area contributed by atoms with E-state index in [-0.39, 0.29) is 26.6 Å². The summed E-state index contributed by atoms with van der Waals surface area (Å²) < 4.78 is 2.19. The summed E-state index contributed by atoms with van der Waals surface area (Å²) in [7, 11) is 1.25. The van der Waals surface area contributed by atoms with Crippen LogP contribution in [0.15, 0.2) is 34.8 Å². The van der Waals surface area contributed by atoms with Crippen LogP contribution in [-0.4, -0.2) is 57.7 Å². The molecule has 1 fully saturated rings. The largest absolute Gasteiger partial charge is 0.543 e. The van der Waals surface area contributed by atoms with E-state index in [4.69, 9.17) is 22.2 Å². The second kappa shape index (κ2) is 9.71. The highest BCUT2D eigenvalue weighted by molar-refractivity contribution is 8.00. The van der Waals surface area contributed by atoms with Crippen LogP contribution in [-0.2, 0) is 38.6 Å². The number of rotatable bonds is 7. The average Bonchev–Trinajstić information content (AvgIpc) is 3.46. The second-order valence-electron chi connectivity index (χ2n) is 8.36. The number of carboxylic acid groups (broad SMARTS) is 1. The number of aryl methyl sites for hydroxylation is 1. The highest BCUT2D eigenvalue weighted by atomic mass is 35.5. The standard InChI is InChI=1S/C22H21ClN6O5S2/c1-34-27-14(13-17(23)36-22(24)26-13)18(30)25-15-19(31)29-16(21(32)33)11(9-35-20(15)29)8-28-7-3-5-10-4-2-6-12(10)28/h3,5,7,15,20H,2,4,6,8-9H2,1H3,(H3-,24,25,26,30,32,33)/b27-14-/t15-,20-/m1/s1. The lowest BCUT2D eigenvalue weighted by Crippen LogP contribution is -2.71. The number of aromatic nitrogens is 2. The molecule has 11 nitrogen and oxygen atoms in total. The SMILES string of the molecule is CO/N=C(\C(=O)N[C@@H]1C(=O)N2C(C(=O)[O-])=C(C[n+]3cccc4c3CCC4)CS[C@H]12)c1nc(N)sc1Cl. The molecule has 4 heterocycles. The zero-order chi connectivity index (χ0) is 25.6. The van der Waals surface area contributed by atoms with Gasteiger partial charge in [0.2, 0.25) is 0 Å². The normalized spacial score (nSPS) is 21.1. The van der Waals surface area contributed by atoms with Crippen molar-refractivity contribution in [1.82, 2.24) is 15.2 Å². The summed E-state index contributed by atoms with van der Waals surface area (Å²) in [6.07, 6.45) is 4.91. The van der Waals surface area contributed by atoms with Crippen molar-refractivity contribution in [2.24, 2.45) is 5.16 Å². The Hall–Kier alpha value is -3.16. The number of aliphatic carboxylic acids is 1. The summed E-state index contributed by atoms with van der Waals surface area (Å²) >= 11 is 8.46.